The first-order valence-electron chi connectivity index (χ1n) is 12.2. The number of hydrogen-bond donors (Lipinski definition) is 0. The predicted octanol–water partition coefficient (Wildman–Crippen LogP) is 4.42. The van der Waals surface area contributed by atoms with Gasteiger partial charge in [-0.3, -0.25) is 9.59 Å². The van der Waals surface area contributed by atoms with Crippen LogP contribution in [0.1, 0.15) is 62.0 Å². The topological polar surface area (TPSA) is 47.1 Å². The van der Waals surface area contributed by atoms with E-state index in [2.05, 4.69) is 60.0 Å². The maximum absolute atomic E-state index is 13.8. The molecule has 33 heavy (non-hydrogen) atoms. The number of fused-ring (bicyclic) bond motifs is 6. The molecule has 6 nitrogen and oxygen atoms in total. The Morgan fingerprint density at radius 1 is 0.727 bits per heavy atom. The molecule has 0 aromatic heterocycles. The van der Waals surface area contributed by atoms with Gasteiger partial charge in [0.05, 0.1) is 6.67 Å². The highest BCUT2D eigenvalue weighted by Crippen LogP contribution is 2.49. The number of carbonyl (C=O) groups is 2. The molecule has 6 heteroatoms. The Bertz CT molecular complexity index is 975. The van der Waals surface area contributed by atoms with Gasteiger partial charge in [0.1, 0.15) is 12.1 Å². The third kappa shape index (κ3) is 3.75. The second kappa shape index (κ2) is 9.08. The molecule has 2 aliphatic heterocycles. The quantitative estimate of drug-likeness (QED) is 0.656. The Balaban J connectivity index is 1.95. The lowest BCUT2D eigenvalue weighted by Crippen LogP contribution is -2.57. The first-order chi connectivity index (χ1) is 15.9. The Morgan fingerprint density at radius 2 is 1.09 bits per heavy atom. The lowest BCUT2D eigenvalue weighted by Gasteiger charge is -2.52. The molecule has 2 bridgehead atoms. The Hall–Kier alpha value is -3.02. The lowest BCUT2D eigenvalue weighted by molar-refractivity contribution is -0.132. The molecule has 2 heterocycles. The van der Waals surface area contributed by atoms with Crippen molar-refractivity contribution in [1.82, 2.24) is 9.80 Å². The zero-order valence-corrected chi connectivity index (χ0v) is 20.8. The first kappa shape index (κ1) is 23.1. The monoisotopic (exact) mass is 448 g/mol. The summed E-state index contributed by atoms with van der Waals surface area (Å²) in [6, 6.07) is 11.8. The number of benzene rings is 2. The summed E-state index contributed by atoms with van der Waals surface area (Å²) in [5.74, 6) is 0.234. The van der Waals surface area contributed by atoms with E-state index < -0.39 is 12.1 Å². The van der Waals surface area contributed by atoms with Crippen molar-refractivity contribution in [2.75, 3.05) is 42.6 Å². The number of rotatable bonds is 6. The Kier molecular flexibility index (Phi) is 6.37. The smallest absolute Gasteiger partial charge is 0.250 e. The van der Waals surface area contributed by atoms with E-state index in [0.717, 1.165) is 33.6 Å². The van der Waals surface area contributed by atoms with Crippen LogP contribution in [0, 0.1) is 13.8 Å². The number of nitrogens with zero attached hydrogens (tertiary/aromatic N) is 4. The maximum atomic E-state index is 13.8. The molecule has 2 atom stereocenters. The number of hydrogen-bond acceptors (Lipinski definition) is 4. The minimum Gasteiger partial charge on any atom is -0.341 e. The van der Waals surface area contributed by atoms with Gasteiger partial charge in [0.15, 0.2) is 0 Å². The van der Waals surface area contributed by atoms with E-state index in [0.29, 0.717) is 32.8 Å². The van der Waals surface area contributed by atoms with E-state index in [1.165, 1.54) is 0 Å². The normalized spacial score (nSPS) is 18.5. The summed E-state index contributed by atoms with van der Waals surface area (Å²) in [7, 11) is 0. The SMILES string of the molecule is CCN(CC)C(=O)[C@H]1c2cc(C)ccc2N2CN1c1ccc(C)cc1[C@@H]2C(=O)N(CC)CC. The highest BCUT2D eigenvalue weighted by Gasteiger charge is 2.47. The molecule has 0 spiro atoms. The minimum absolute atomic E-state index is 0.117. The van der Waals surface area contributed by atoms with Crippen LogP contribution < -0.4 is 9.80 Å². The fraction of sp³-hybridized carbons (Fsp3) is 0.481. The fourth-order valence-corrected chi connectivity index (χ4v) is 5.35. The van der Waals surface area contributed by atoms with E-state index in [-0.39, 0.29) is 11.8 Å². The van der Waals surface area contributed by atoms with Crippen LogP contribution >= 0.6 is 0 Å². The first-order valence-corrected chi connectivity index (χ1v) is 12.2. The number of amides is 2. The van der Waals surface area contributed by atoms with Crippen molar-refractivity contribution in [3.63, 3.8) is 0 Å². The second-order valence-electron chi connectivity index (χ2n) is 9.03. The molecule has 0 N–H and O–H groups in total. The van der Waals surface area contributed by atoms with E-state index >= 15 is 0 Å². The molecule has 0 fully saturated rings. The zero-order valence-electron chi connectivity index (χ0n) is 20.8. The van der Waals surface area contributed by atoms with Crippen LogP contribution in [0.4, 0.5) is 11.4 Å². The summed E-state index contributed by atoms with van der Waals surface area (Å²) in [5.41, 5.74) is 6.18. The highest BCUT2D eigenvalue weighted by molar-refractivity contribution is 5.96. The standard InChI is InChI=1S/C27H36N4O2/c1-7-28(8-2)26(32)24-20-15-18(5)11-13-22(20)31-17-30(24)23-14-12-19(6)16-21(23)25(31)27(33)29(9-3)10-4/h11-16,24-25H,7-10,17H2,1-6H3/t24-,25-/m1/s1. The van der Waals surface area contributed by atoms with Crippen molar-refractivity contribution in [3.8, 4) is 0 Å². The molecule has 2 aromatic carbocycles. The molecule has 0 saturated heterocycles. The van der Waals surface area contributed by atoms with Gasteiger partial charge in [0.25, 0.3) is 0 Å². The van der Waals surface area contributed by atoms with Crippen molar-refractivity contribution in [3.05, 3.63) is 58.7 Å². The summed E-state index contributed by atoms with van der Waals surface area (Å²) in [6.45, 7) is 15.4. The van der Waals surface area contributed by atoms with Crippen molar-refractivity contribution in [2.45, 2.75) is 53.6 Å². The van der Waals surface area contributed by atoms with Crippen molar-refractivity contribution in [1.29, 1.82) is 0 Å². The molecule has 0 unspecified atom stereocenters. The van der Waals surface area contributed by atoms with Gasteiger partial charge in [-0.15, -0.1) is 0 Å². The summed E-state index contributed by atoms with van der Waals surface area (Å²) in [6.07, 6.45) is 0. The fourth-order valence-electron chi connectivity index (χ4n) is 5.35. The molecule has 0 saturated carbocycles. The van der Waals surface area contributed by atoms with E-state index in [1.54, 1.807) is 0 Å². The highest BCUT2D eigenvalue weighted by atomic mass is 16.2. The molecule has 0 radical (unpaired) electrons. The van der Waals surface area contributed by atoms with E-state index in [9.17, 15) is 9.59 Å². The molecular weight excluding hydrogens is 412 g/mol. The number of carbonyl (C=O) groups excluding carboxylic acids is 2. The van der Waals surface area contributed by atoms with Crippen LogP contribution in [0.25, 0.3) is 0 Å². The van der Waals surface area contributed by atoms with Gasteiger partial charge in [-0.1, -0.05) is 35.4 Å². The number of anilines is 2. The van der Waals surface area contributed by atoms with E-state index in [1.807, 2.05) is 37.5 Å². The summed E-state index contributed by atoms with van der Waals surface area (Å²) >= 11 is 0. The molecule has 4 rings (SSSR count). The van der Waals surface area contributed by atoms with Gasteiger partial charge in [0, 0.05) is 48.7 Å². The molecule has 2 aliphatic rings. The Labute approximate surface area is 197 Å². The predicted molar refractivity (Wildman–Crippen MR) is 134 cm³/mol. The zero-order chi connectivity index (χ0) is 23.9. The van der Waals surface area contributed by atoms with Gasteiger partial charge >= 0.3 is 0 Å². The second-order valence-corrected chi connectivity index (χ2v) is 9.03. The lowest BCUT2D eigenvalue weighted by atomic mass is 9.88. The van der Waals surface area contributed by atoms with Crippen LogP contribution in [0.2, 0.25) is 0 Å². The number of aryl methyl sites for hydroxylation is 2. The average Bonchev–Trinajstić information content (AvgIpc) is 2.80. The van der Waals surface area contributed by atoms with Crippen LogP contribution in [0.15, 0.2) is 36.4 Å². The Morgan fingerprint density at radius 3 is 1.42 bits per heavy atom. The van der Waals surface area contributed by atoms with Gasteiger partial charge < -0.3 is 19.6 Å². The summed E-state index contributed by atoms with van der Waals surface area (Å²) in [4.78, 5) is 35.9. The summed E-state index contributed by atoms with van der Waals surface area (Å²) < 4.78 is 0. The van der Waals surface area contributed by atoms with Crippen LogP contribution in [-0.4, -0.2) is 54.5 Å². The number of likely N-dealkylation sites (N-methyl/N-ethyl adjacent to an activating group) is 2. The van der Waals surface area contributed by atoms with E-state index in [4.69, 9.17) is 0 Å². The van der Waals surface area contributed by atoms with Gasteiger partial charge in [0.2, 0.25) is 11.8 Å². The van der Waals surface area contributed by atoms with Crippen LogP contribution in [0.5, 0.6) is 0 Å². The molecule has 2 aromatic rings. The van der Waals surface area contributed by atoms with Gasteiger partial charge in [-0.25, -0.2) is 0 Å². The van der Waals surface area contributed by atoms with Crippen molar-refractivity contribution < 1.29 is 9.59 Å². The van der Waals surface area contributed by atoms with Crippen molar-refractivity contribution >= 4 is 23.2 Å². The van der Waals surface area contributed by atoms with Gasteiger partial charge in [-0.2, -0.15) is 0 Å². The average molecular weight is 449 g/mol. The van der Waals surface area contributed by atoms with Crippen molar-refractivity contribution in [2.24, 2.45) is 0 Å². The largest absolute Gasteiger partial charge is 0.341 e. The third-order valence-electron chi connectivity index (χ3n) is 7.12. The maximum Gasteiger partial charge on any atom is 0.250 e. The molecule has 176 valence electrons. The minimum atomic E-state index is -0.401. The van der Waals surface area contributed by atoms with Crippen LogP contribution in [-0.2, 0) is 9.59 Å². The summed E-state index contributed by atoms with van der Waals surface area (Å²) in [5, 5.41) is 0. The van der Waals surface area contributed by atoms with Crippen LogP contribution in [0.3, 0.4) is 0 Å². The third-order valence-corrected chi connectivity index (χ3v) is 7.12. The molecule has 0 aliphatic carbocycles. The van der Waals surface area contributed by atoms with Gasteiger partial charge in [-0.05, 0) is 53.7 Å². The molecule has 2 amide bonds. The molecular formula is C27H36N4O2.